The molecule has 7 heteroatoms. The van der Waals surface area contributed by atoms with Crippen molar-refractivity contribution in [1.82, 2.24) is 5.43 Å². The van der Waals surface area contributed by atoms with E-state index in [1.807, 2.05) is 37.3 Å². The first-order valence-corrected chi connectivity index (χ1v) is 10.5. The number of nitrogens with one attached hydrogen (secondary N) is 1. The van der Waals surface area contributed by atoms with Gasteiger partial charge in [0.1, 0.15) is 0 Å². The maximum absolute atomic E-state index is 12.4. The van der Waals surface area contributed by atoms with E-state index in [1.165, 1.54) is 6.21 Å². The van der Waals surface area contributed by atoms with E-state index in [1.54, 1.807) is 42.5 Å². The highest BCUT2D eigenvalue weighted by atomic mass is 35.5. The number of amides is 1. The highest BCUT2D eigenvalue weighted by Gasteiger charge is 2.13. The number of aryl methyl sites for hydroxylation is 1. The zero-order chi connectivity index (χ0) is 22.8. The van der Waals surface area contributed by atoms with E-state index in [0.717, 1.165) is 5.56 Å². The van der Waals surface area contributed by atoms with Crippen molar-refractivity contribution in [2.75, 3.05) is 6.61 Å². The smallest absolute Gasteiger partial charge is 0.343 e. The minimum Gasteiger partial charge on any atom is -0.490 e. The van der Waals surface area contributed by atoms with Crippen molar-refractivity contribution < 1.29 is 19.1 Å². The number of hydrazone groups is 1. The van der Waals surface area contributed by atoms with Gasteiger partial charge in [0.05, 0.1) is 18.4 Å². The summed E-state index contributed by atoms with van der Waals surface area (Å²) in [5, 5.41) is 4.54. The SMILES string of the molecule is CCOc1cc(/C=N/NC(=O)CCc2ccccc2)ccc1OC(=O)c1ccc(Cl)cc1. The van der Waals surface area contributed by atoms with Gasteiger partial charge in [-0.25, -0.2) is 10.2 Å². The summed E-state index contributed by atoms with van der Waals surface area (Å²) >= 11 is 5.86. The molecule has 3 rings (SSSR count). The number of nitrogens with zero attached hydrogens (tertiary/aromatic N) is 1. The summed E-state index contributed by atoms with van der Waals surface area (Å²) in [5.74, 6) is -0.0108. The Labute approximate surface area is 191 Å². The molecule has 0 aromatic heterocycles. The molecule has 0 saturated heterocycles. The lowest BCUT2D eigenvalue weighted by molar-refractivity contribution is -0.121. The number of hydrogen-bond donors (Lipinski definition) is 1. The van der Waals surface area contributed by atoms with Crippen LogP contribution in [0, 0.1) is 0 Å². The van der Waals surface area contributed by atoms with Crippen LogP contribution < -0.4 is 14.9 Å². The molecule has 0 fully saturated rings. The molecule has 0 heterocycles. The summed E-state index contributed by atoms with van der Waals surface area (Å²) in [6.07, 6.45) is 2.49. The molecule has 0 aliphatic heterocycles. The zero-order valence-electron chi connectivity index (χ0n) is 17.6. The molecule has 3 aromatic carbocycles. The molecule has 0 spiro atoms. The Morgan fingerprint density at radius 3 is 2.47 bits per heavy atom. The van der Waals surface area contributed by atoms with Crippen LogP contribution in [0.25, 0.3) is 0 Å². The van der Waals surface area contributed by atoms with Gasteiger partial charge in [0.2, 0.25) is 5.91 Å². The van der Waals surface area contributed by atoms with Crippen molar-refractivity contribution in [1.29, 1.82) is 0 Å². The van der Waals surface area contributed by atoms with Gasteiger partial charge in [0.25, 0.3) is 0 Å². The summed E-state index contributed by atoms with van der Waals surface area (Å²) in [5.41, 5.74) is 4.67. The third-order valence-electron chi connectivity index (χ3n) is 4.44. The van der Waals surface area contributed by atoms with E-state index in [2.05, 4.69) is 10.5 Å². The fourth-order valence-electron chi connectivity index (χ4n) is 2.84. The van der Waals surface area contributed by atoms with Crippen LogP contribution in [0.15, 0.2) is 77.9 Å². The van der Waals surface area contributed by atoms with Gasteiger partial charge in [0, 0.05) is 11.4 Å². The van der Waals surface area contributed by atoms with Crippen LogP contribution in [0.4, 0.5) is 0 Å². The fraction of sp³-hybridized carbons (Fsp3) is 0.160. The molecule has 0 unspecified atom stereocenters. The lowest BCUT2D eigenvalue weighted by atomic mass is 10.1. The van der Waals surface area contributed by atoms with Crippen molar-refractivity contribution in [3.8, 4) is 11.5 Å². The van der Waals surface area contributed by atoms with Gasteiger partial charge in [-0.1, -0.05) is 41.9 Å². The molecule has 0 aliphatic carbocycles. The topological polar surface area (TPSA) is 77.0 Å². The Morgan fingerprint density at radius 1 is 1.00 bits per heavy atom. The number of ether oxygens (including phenoxy) is 2. The van der Waals surface area contributed by atoms with Crippen molar-refractivity contribution in [3.63, 3.8) is 0 Å². The van der Waals surface area contributed by atoms with Crippen LogP contribution in [0.1, 0.15) is 34.8 Å². The van der Waals surface area contributed by atoms with E-state index >= 15 is 0 Å². The van der Waals surface area contributed by atoms with Gasteiger partial charge < -0.3 is 9.47 Å². The second-order valence-electron chi connectivity index (χ2n) is 6.81. The summed E-state index contributed by atoms with van der Waals surface area (Å²) in [6, 6.07) is 21.2. The first-order chi connectivity index (χ1) is 15.5. The van der Waals surface area contributed by atoms with Gasteiger partial charge in [-0.15, -0.1) is 0 Å². The number of carbonyl (C=O) groups excluding carboxylic acids is 2. The summed E-state index contributed by atoms with van der Waals surface area (Å²) in [4.78, 5) is 24.4. The van der Waals surface area contributed by atoms with Gasteiger partial charge in [-0.05, 0) is 66.9 Å². The molecule has 0 atom stereocenters. The largest absolute Gasteiger partial charge is 0.490 e. The molecule has 0 bridgehead atoms. The highest BCUT2D eigenvalue weighted by Crippen LogP contribution is 2.29. The maximum atomic E-state index is 12.4. The average Bonchev–Trinajstić information content (AvgIpc) is 2.80. The zero-order valence-corrected chi connectivity index (χ0v) is 18.3. The Kier molecular flexibility index (Phi) is 8.40. The molecule has 0 saturated carbocycles. The molecule has 32 heavy (non-hydrogen) atoms. The lowest BCUT2D eigenvalue weighted by Crippen LogP contribution is -2.17. The van der Waals surface area contributed by atoms with Crippen LogP contribution in [0.2, 0.25) is 5.02 Å². The Morgan fingerprint density at radius 2 is 1.75 bits per heavy atom. The van der Waals surface area contributed by atoms with Crippen molar-refractivity contribution in [3.05, 3.63) is 94.5 Å². The minimum atomic E-state index is -0.519. The predicted octanol–water partition coefficient (Wildman–Crippen LogP) is 5.04. The molecule has 0 radical (unpaired) electrons. The monoisotopic (exact) mass is 450 g/mol. The average molecular weight is 451 g/mol. The normalized spacial score (nSPS) is 10.7. The van der Waals surface area contributed by atoms with Crippen molar-refractivity contribution in [2.24, 2.45) is 5.10 Å². The van der Waals surface area contributed by atoms with Gasteiger partial charge in [-0.3, -0.25) is 4.79 Å². The van der Waals surface area contributed by atoms with Gasteiger partial charge in [0.15, 0.2) is 11.5 Å². The molecule has 164 valence electrons. The van der Waals surface area contributed by atoms with E-state index in [0.29, 0.717) is 41.3 Å². The minimum absolute atomic E-state index is 0.177. The number of benzene rings is 3. The molecular weight excluding hydrogens is 428 g/mol. The van der Waals surface area contributed by atoms with E-state index in [9.17, 15) is 9.59 Å². The number of halogens is 1. The molecule has 1 N–H and O–H groups in total. The van der Waals surface area contributed by atoms with E-state index in [-0.39, 0.29) is 11.7 Å². The molecular formula is C25H23ClN2O4. The van der Waals surface area contributed by atoms with E-state index in [4.69, 9.17) is 21.1 Å². The van der Waals surface area contributed by atoms with Crippen molar-refractivity contribution >= 4 is 29.7 Å². The Bertz CT molecular complexity index is 1080. The third kappa shape index (κ3) is 6.96. The van der Waals surface area contributed by atoms with Crippen LogP contribution in [0.5, 0.6) is 11.5 Å². The van der Waals surface area contributed by atoms with Crippen LogP contribution >= 0.6 is 11.6 Å². The number of esters is 1. The predicted molar refractivity (Wildman–Crippen MR) is 125 cm³/mol. The lowest BCUT2D eigenvalue weighted by Gasteiger charge is -2.11. The standard InChI is InChI=1S/C25H23ClN2O4/c1-2-31-23-16-19(17-27-28-24(29)15-9-18-6-4-3-5-7-18)8-14-22(23)32-25(30)20-10-12-21(26)13-11-20/h3-8,10-14,16-17H,2,9,15H2,1H3,(H,28,29)/b27-17+. The molecule has 0 aliphatic rings. The number of carbonyl (C=O) groups is 2. The number of hydrogen-bond acceptors (Lipinski definition) is 5. The molecule has 6 nitrogen and oxygen atoms in total. The van der Waals surface area contributed by atoms with Crippen LogP contribution in [-0.2, 0) is 11.2 Å². The third-order valence-corrected chi connectivity index (χ3v) is 4.69. The van der Waals surface area contributed by atoms with Crippen LogP contribution in [0.3, 0.4) is 0 Å². The maximum Gasteiger partial charge on any atom is 0.343 e. The number of rotatable bonds is 9. The summed E-state index contributed by atoms with van der Waals surface area (Å²) in [7, 11) is 0. The van der Waals surface area contributed by atoms with Crippen LogP contribution in [-0.4, -0.2) is 24.7 Å². The quantitative estimate of drug-likeness (QED) is 0.214. The first-order valence-electron chi connectivity index (χ1n) is 10.2. The summed E-state index contributed by atoms with van der Waals surface area (Å²) < 4.78 is 11.1. The van der Waals surface area contributed by atoms with Gasteiger partial charge >= 0.3 is 5.97 Å². The summed E-state index contributed by atoms with van der Waals surface area (Å²) in [6.45, 7) is 2.22. The molecule has 1 amide bonds. The second-order valence-corrected chi connectivity index (χ2v) is 7.25. The Hall–Kier alpha value is -3.64. The fourth-order valence-corrected chi connectivity index (χ4v) is 2.97. The second kappa shape index (κ2) is 11.7. The highest BCUT2D eigenvalue weighted by molar-refractivity contribution is 6.30. The van der Waals surface area contributed by atoms with Gasteiger partial charge in [-0.2, -0.15) is 5.10 Å². The molecule has 3 aromatic rings. The Balaban J connectivity index is 1.60. The first kappa shape index (κ1) is 23.0. The van der Waals surface area contributed by atoms with E-state index < -0.39 is 5.97 Å². The van der Waals surface area contributed by atoms with Crippen molar-refractivity contribution in [2.45, 2.75) is 19.8 Å².